The molecule has 0 saturated carbocycles. The van der Waals surface area contributed by atoms with Crippen LogP contribution in [0.4, 0.5) is 0 Å². The molecule has 28 heavy (non-hydrogen) atoms. The zero-order chi connectivity index (χ0) is 19.5. The lowest BCUT2D eigenvalue weighted by Gasteiger charge is -2.17. The molecule has 0 aliphatic carbocycles. The summed E-state index contributed by atoms with van der Waals surface area (Å²) in [7, 11) is 0. The van der Waals surface area contributed by atoms with Crippen molar-refractivity contribution in [1.82, 2.24) is 0 Å². The molecule has 0 bridgehead atoms. The number of aliphatic hydroxyl groups is 1. The minimum Gasteiger partial charge on any atom is -1.00 e. The van der Waals surface area contributed by atoms with Gasteiger partial charge in [-0.05, 0) is 49.6 Å². The number of nitrogens with two attached hydrogens (primary N) is 1. The van der Waals surface area contributed by atoms with Crippen LogP contribution in [0.3, 0.4) is 0 Å². The highest BCUT2D eigenvalue weighted by atomic mass is 35.5. The van der Waals surface area contributed by atoms with Crippen LogP contribution in [-0.2, 0) is 0 Å². The fourth-order valence-electron chi connectivity index (χ4n) is 2.83. The maximum Gasteiger partial charge on any atom is 0.168 e. The van der Waals surface area contributed by atoms with E-state index >= 15 is 0 Å². The topological polar surface area (TPSA) is 63.1 Å². The zero-order valence-electron chi connectivity index (χ0n) is 16.2. The Morgan fingerprint density at radius 2 is 1.79 bits per heavy atom. The van der Waals surface area contributed by atoms with Crippen LogP contribution in [0.1, 0.15) is 48.2 Å². The summed E-state index contributed by atoms with van der Waals surface area (Å²) < 4.78 is 5.62. The third-order valence-corrected chi connectivity index (χ3v) is 4.79. The van der Waals surface area contributed by atoms with Gasteiger partial charge >= 0.3 is 0 Å². The Balaban J connectivity index is 0.00000392. The van der Waals surface area contributed by atoms with Crippen molar-refractivity contribution in [2.45, 2.75) is 38.3 Å². The van der Waals surface area contributed by atoms with Crippen molar-refractivity contribution in [1.29, 1.82) is 0 Å². The van der Waals surface area contributed by atoms with Gasteiger partial charge in [0.1, 0.15) is 17.9 Å². The number of aliphatic hydroxyl groups excluding tert-OH is 1. The number of carbonyl (C=O) groups is 1. The minimum atomic E-state index is -0.545. The molecule has 0 fully saturated rings. The smallest absolute Gasteiger partial charge is 0.168 e. The first-order valence-corrected chi connectivity index (χ1v) is 10.0. The van der Waals surface area contributed by atoms with Gasteiger partial charge in [-0.25, -0.2) is 0 Å². The van der Waals surface area contributed by atoms with Crippen LogP contribution in [0, 0.1) is 0 Å². The molecule has 0 spiro atoms. The van der Waals surface area contributed by atoms with Crippen LogP contribution in [-0.4, -0.2) is 36.0 Å². The van der Waals surface area contributed by atoms with Crippen LogP contribution in [0.2, 0.25) is 0 Å². The van der Waals surface area contributed by atoms with Crippen molar-refractivity contribution >= 4 is 17.4 Å². The number of rotatable bonds is 12. The molecule has 2 unspecified atom stereocenters. The summed E-state index contributed by atoms with van der Waals surface area (Å²) in [5, 5.41) is 12.4. The maximum absolute atomic E-state index is 12.3. The van der Waals surface area contributed by atoms with E-state index in [-0.39, 0.29) is 24.2 Å². The Morgan fingerprint density at radius 3 is 2.43 bits per heavy atom. The number of quaternary nitrogens is 1. The second-order valence-corrected chi connectivity index (χ2v) is 7.06. The lowest BCUT2D eigenvalue weighted by Crippen LogP contribution is -3.00. The number of ether oxygens (including phenoxy) is 1. The Labute approximate surface area is 178 Å². The minimum absolute atomic E-state index is 0. The highest BCUT2D eigenvalue weighted by Gasteiger charge is 2.19. The number of halogens is 2. The van der Waals surface area contributed by atoms with Gasteiger partial charge in [0.2, 0.25) is 0 Å². The molecule has 0 aromatic heterocycles. The summed E-state index contributed by atoms with van der Waals surface area (Å²) >= 11 is 5.64. The summed E-state index contributed by atoms with van der Waals surface area (Å²) in [5.41, 5.74) is 1.59. The van der Waals surface area contributed by atoms with Gasteiger partial charge in [0.25, 0.3) is 0 Å². The van der Waals surface area contributed by atoms with Crippen molar-refractivity contribution in [3.05, 3.63) is 65.7 Å². The van der Waals surface area contributed by atoms with Gasteiger partial charge in [0.15, 0.2) is 5.78 Å². The number of unbranched alkanes of at least 4 members (excludes halogenated alkanes) is 1. The predicted octanol–water partition coefficient (Wildman–Crippen LogP) is 0.347. The van der Waals surface area contributed by atoms with E-state index in [0.29, 0.717) is 31.0 Å². The third kappa shape index (κ3) is 8.19. The molecule has 2 aromatic carbocycles. The summed E-state index contributed by atoms with van der Waals surface area (Å²) in [5.74, 6) is 1.52. The van der Waals surface area contributed by atoms with E-state index in [9.17, 15) is 9.90 Å². The average molecular weight is 426 g/mol. The number of carbonyl (C=O) groups excluding carboxylic acids is 1. The zero-order valence-corrected chi connectivity index (χ0v) is 17.7. The fourth-order valence-corrected chi connectivity index (χ4v) is 3.02. The first kappa shape index (κ1) is 24.4. The number of alkyl halides is 1. The van der Waals surface area contributed by atoms with Gasteiger partial charge in [-0.2, -0.15) is 0 Å². The lowest BCUT2D eigenvalue weighted by atomic mass is 10.0. The molecule has 154 valence electrons. The highest BCUT2D eigenvalue weighted by molar-refractivity contribution is 6.17. The van der Waals surface area contributed by atoms with E-state index in [1.54, 1.807) is 0 Å². The largest absolute Gasteiger partial charge is 1.00 e. The Bertz CT molecular complexity index is 680. The van der Waals surface area contributed by atoms with Crippen LogP contribution in [0.25, 0.3) is 0 Å². The molecule has 2 rings (SSSR count). The SMILES string of the molecule is CC([NH2+]CCC(=O)c1ccc(OCCCCCl)cc1)C(O)c1ccccc1.[Cl-]. The van der Waals surface area contributed by atoms with Crippen LogP contribution < -0.4 is 22.5 Å². The van der Waals surface area contributed by atoms with Crippen LogP contribution >= 0.6 is 11.6 Å². The Hall–Kier alpha value is -1.59. The summed E-state index contributed by atoms with van der Waals surface area (Å²) in [6.45, 7) is 3.25. The predicted molar refractivity (Wildman–Crippen MR) is 108 cm³/mol. The molecule has 0 radical (unpaired) electrons. The van der Waals surface area contributed by atoms with Gasteiger partial charge in [0.05, 0.1) is 19.6 Å². The molecule has 3 N–H and O–H groups in total. The van der Waals surface area contributed by atoms with E-state index in [1.807, 2.05) is 66.8 Å². The monoisotopic (exact) mass is 425 g/mol. The molecule has 0 amide bonds. The first-order chi connectivity index (χ1) is 13.1. The normalized spacial score (nSPS) is 12.7. The van der Waals surface area contributed by atoms with Crippen LogP contribution in [0.5, 0.6) is 5.75 Å². The molecule has 2 aromatic rings. The number of benzene rings is 2. The fraction of sp³-hybridized carbons (Fsp3) is 0.409. The molecular weight excluding hydrogens is 397 g/mol. The summed E-state index contributed by atoms with van der Waals surface area (Å²) in [6.07, 6.45) is 1.75. The number of hydrogen-bond donors (Lipinski definition) is 2. The molecule has 0 aliphatic heterocycles. The number of ketones is 1. The Kier molecular flexibility index (Phi) is 11.8. The standard InChI is InChI=1S/C22H28ClNO3.ClH/c1-17(22(26)19-7-3-2-4-8-19)24-15-13-21(25)18-9-11-20(12-10-18)27-16-6-5-14-23;/h2-4,7-12,17,22,24,26H,5-6,13-16H2,1H3;1H. The van der Waals surface area contributed by atoms with Crippen molar-refractivity contribution in [2.24, 2.45) is 0 Å². The molecule has 0 heterocycles. The van der Waals surface area contributed by atoms with E-state index < -0.39 is 6.10 Å². The Morgan fingerprint density at radius 1 is 1.11 bits per heavy atom. The van der Waals surface area contributed by atoms with E-state index in [2.05, 4.69) is 0 Å². The second kappa shape index (κ2) is 13.6. The highest BCUT2D eigenvalue weighted by Crippen LogP contribution is 2.15. The second-order valence-electron chi connectivity index (χ2n) is 6.68. The molecule has 4 nitrogen and oxygen atoms in total. The average Bonchev–Trinajstić information content (AvgIpc) is 2.71. The lowest BCUT2D eigenvalue weighted by molar-refractivity contribution is -0.693. The summed E-state index contributed by atoms with van der Waals surface area (Å²) in [6, 6.07) is 16.9. The van der Waals surface area contributed by atoms with Gasteiger partial charge in [0, 0.05) is 11.4 Å². The molecule has 0 aliphatic rings. The van der Waals surface area contributed by atoms with Crippen molar-refractivity contribution in [2.75, 3.05) is 19.0 Å². The van der Waals surface area contributed by atoms with Crippen molar-refractivity contribution in [3.63, 3.8) is 0 Å². The third-order valence-electron chi connectivity index (χ3n) is 4.52. The first-order valence-electron chi connectivity index (χ1n) is 9.50. The summed E-state index contributed by atoms with van der Waals surface area (Å²) in [4.78, 5) is 12.3. The molecule has 6 heteroatoms. The van der Waals surface area contributed by atoms with Crippen LogP contribution in [0.15, 0.2) is 54.6 Å². The van der Waals surface area contributed by atoms with Gasteiger partial charge in [-0.1, -0.05) is 30.3 Å². The van der Waals surface area contributed by atoms with Crippen molar-refractivity contribution < 1.29 is 32.4 Å². The maximum atomic E-state index is 12.3. The quantitative estimate of drug-likeness (QED) is 0.293. The molecule has 0 saturated heterocycles. The molecule has 2 atom stereocenters. The van der Waals surface area contributed by atoms with Gasteiger partial charge in [-0.15, -0.1) is 11.6 Å². The van der Waals surface area contributed by atoms with Gasteiger partial charge in [-0.3, -0.25) is 4.79 Å². The molecular formula is C22H29Cl2NO3. The van der Waals surface area contributed by atoms with E-state index in [1.165, 1.54) is 0 Å². The number of hydrogen-bond acceptors (Lipinski definition) is 3. The van der Waals surface area contributed by atoms with E-state index in [4.69, 9.17) is 16.3 Å². The number of Topliss-reactive ketones (excluding diaryl/α,β-unsaturated/α-hetero) is 1. The van der Waals surface area contributed by atoms with E-state index in [0.717, 1.165) is 24.2 Å². The van der Waals surface area contributed by atoms with Crippen molar-refractivity contribution in [3.8, 4) is 5.75 Å². The van der Waals surface area contributed by atoms with Gasteiger partial charge < -0.3 is 27.6 Å².